The fourth-order valence-corrected chi connectivity index (χ4v) is 6.76. The van der Waals surface area contributed by atoms with Gasteiger partial charge in [-0.2, -0.15) is 0 Å². The molecule has 1 aliphatic rings. The Kier molecular flexibility index (Phi) is 4.26. The van der Waals surface area contributed by atoms with Crippen molar-refractivity contribution in [3.05, 3.63) is 125 Å². The molecule has 6 nitrogen and oxygen atoms in total. The van der Waals surface area contributed by atoms with Crippen molar-refractivity contribution < 1.29 is 8.83 Å². The summed E-state index contributed by atoms with van der Waals surface area (Å²) in [5.74, 6) is -1.02. The molecule has 2 aromatic heterocycles. The van der Waals surface area contributed by atoms with Crippen LogP contribution in [0.25, 0.3) is 33.3 Å². The fraction of sp³-hybridized carbons (Fsp3) is 0.0370. The molecule has 0 unspecified atom stereocenters. The van der Waals surface area contributed by atoms with E-state index in [1.54, 1.807) is 0 Å². The van der Waals surface area contributed by atoms with Gasteiger partial charge in [0, 0.05) is 8.95 Å². The number of aromatic nitrogens is 2. The van der Waals surface area contributed by atoms with Crippen LogP contribution in [0.15, 0.2) is 100 Å². The minimum absolute atomic E-state index is 0.458. The highest BCUT2D eigenvalue weighted by molar-refractivity contribution is 9.10. The van der Waals surface area contributed by atoms with E-state index < -0.39 is 16.9 Å². The molecule has 7 rings (SSSR count). The van der Waals surface area contributed by atoms with E-state index in [4.69, 9.17) is 8.83 Å². The molecule has 2 heterocycles. The first-order valence-corrected chi connectivity index (χ1v) is 12.4. The van der Waals surface area contributed by atoms with Crippen LogP contribution in [0.2, 0.25) is 0 Å². The van der Waals surface area contributed by atoms with Crippen LogP contribution in [0, 0.1) is 0 Å². The van der Waals surface area contributed by atoms with E-state index in [0.717, 1.165) is 42.3 Å². The summed E-state index contributed by atoms with van der Waals surface area (Å²) in [6.07, 6.45) is 0. The van der Waals surface area contributed by atoms with Crippen LogP contribution in [0.5, 0.6) is 0 Å². The number of nitrogens with one attached hydrogen (secondary N) is 2. The maximum absolute atomic E-state index is 12.0. The average Bonchev–Trinajstić information content (AvgIpc) is 3.48. The molecule has 0 saturated heterocycles. The number of benzene rings is 4. The zero-order valence-electron chi connectivity index (χ0n) is 17.8. The van der Waals surface area contributed by atoms with Gasteiger partial charge in [0.1, 0.15) is 0 Å². The molecular weight excluding hydrogens is 576 g/mol. The Morgan fingerprint density at radius 3 is 1.49 bits per heavy atom. The number of hydrogen-bond donors (Lipinski definition) is 2. The Bertz CT molecular complexity index is 1800. The minimum Gasteiger partial charge on any atom is -0.408 e. The first-order valence-electron chi connectivity index (χ1n) is 10.8. The molecule has 0 fully saturated rings. The van der Waals surface area contributed by atoms with Crippen LogP contribution in [0.1, 0.15) is 22.3 Å². The third kappa shape index (κ3) is 2.75. The van der Waals surface area contributed by atoms with Crippen LogP contribution < -0.4 is 11.5 Å². The molecule has 0 amide bonds. The number of hydrogen-bond acceptors (Lipinski definition) is 4. The van der Waals surface area contributed by atoms with Crippen LogP contribution >= 0.6 is 31.9 Å². The highest BCUT2D eigenvalue weighted by atomic mass is 79.9. The average molecular weight is 590 g/mol. The molecule has 0 bridgehead atoms. The Labute approximate surface area is 213 Å². The fourth-order valence-electron chi connectivity index (χ4n) is 5.48. The molecule has 4 aromatic carbocycles. The molecule has 35 heavy (non-hydrogen) atoms. The first kappa shape index (κ1) is 20.7. The molecule has 0 radical (unpaired) electrons. The normalized spacial score (nSPS) is 13.9. The van der Waals surface area contributed by atoms with Crippen molar-refractivity contribution in [3.63, 3.8) is 0 Å². The lowest BCUT2D eigenvalue weighted by Crippen LogP contribution is -2.29. The number of H-pyrrole nitrogens is 2. The highest BCUT2D eigenvalue weighted by Gasteiger charge is 2.48. The van der Waals surface area contributed by atoms with E-state index in [0.29, 0.717) is 22.2 Å². The highest BCUT2D eigenvalue weighted by Crippen LogP contribution is 2.59. The third-order valence-corrected chi connectivity index (χ3v) is 8.09. The van der Waals surface area contributed by atoms with Crippen molar-refractivity contribution in [3.8, 4) is 11.1 Å². The summed E-state index contributed by atoms with van der Waals surface area (Å²) in [6.45, 7) is 0. The zero-order valence-corrected chi connectivity index (χ0v) is 21.0. The van der Waals surface area contributed by atoms with Gasteiger partial charge < -0.3 is 8.83 Å². The Balaban J connectivity index is 1.72. The molecule has 0 aliphatic heterocycles. The quantitative estimate of drug-likeness (QED) is 0.243. The topological polar surface area (TPSA) is 92.0 Å². The standard InChI is InChI=1S/C27H14Br2N2O4/c28-19-11-21-23(34-25(32)30-21)9-17(19)27(18-10-24-22(12-20(18)29)31-26(33)35-24)15-7-3-1-5-13(15)14-6-2-4-8-16(14)27/h1-12H,(H,30,32)(H,31,33). The number of rotatable bonds is 2. The lowest BCUT2D eigenvalue weighted by Gasteiger charge is -2.35. The summed E-state index contributed by atoms with van der Waals surface area (Å²) in [7, 11) is 0. The van der Waals surface area contributed by atoms with Crippen molar-refractivity contribution in [1.82, 2.24) is 9.97 Å². The SMILES string of the molecule is O=c1[nH]c2cc(Br)c(C3(c4cc5oc(=O)[nH]c5cc4Br)c4ccccc4-c4ccccc43)cc2o1. The smallest absolute Gasteiger partial charge is 0.408 e. The largest absolute Gasteiger partial charge is 0.417 e. The number of fused-ring (bicyclic) bond motifs is 5. The van der Waals surface area contributed by atoms with E-state index in [1.165, 1.54) is 0 Å². The van der Waals surface area contributed by atoms with Crippen molar-refractivity contribution >= 4 is 54.1 Å². The second-order valence-corrected chi connectivity index (χ2v) is 10.2. The second-order valence-electron chi connectivity index (χ2n) is 8.53. The predicted molar refractivity (Wildman–Crippen MR) is 140 cm³/mol. The van der Waals surface area contributed by atoms with Gasteiger partial charge in [-0.05, 0) is 57.6 Å². The van der Waals surface area contributed by atoms with Gasteiger partial charge in [-0.25, -0.2) is 9.59 Å². The summed E-state index contributed by atoms with van der Waals surface area (Å²) < 4.78 is 12.6. The van der Waals surface area contributed by atoms with Crippen molar-refractivity contribution in [2.45, 2.75) is 5.41 Å². The van der Waals surface area contributed by atoms with E-state index in [2.05, 4.69) is 66.1 Å². The van der Waals surface area contributed by atoms with Gasteiger partial charge >= 0.3 is 11.5 Å². The molecule has 6 aromatic rings. The van der Waals surface area contributed by atoms with Crippen LogP contribution in [-0.2, 0) is 5.41 Å². The van der Waals surface area contributed by atoms with Gasteiger partial charge in [0.25, 0.3) is 0 Å². The van der Waals surface area contributed by atoms with Crippen molar-refractivity contribution in [2.75, 3.05) is 0 Å². The monoisotopic (exact) mass is 588 g/mol. The third-order valence-electron chi connectivity index (χ3n) is 6.78. The molecule has 2 N–H and O–H groups in total. The molecule has 0 spiro atoms. The van der Waals surface area contributed by atoms with E-state index >= 15 is 0 Å². The van der Waals surface area contributed by atoms with Gasteiger partial charge in [-0.1, -0.05) is 80.4 Å². The number of aromatic amines is 2. The van der Waals surface area contributed by atoms with Crippen LogP contribution in [0.3, 0.4) is 0 Å². The first-order chi connectivity index (χ1) is 17.0. The molecule has 170 valence electrons. The van der Waals surface area contributed by atoms with E-state index in [-0.39, 0.29) is 0 Å². The maximum Gasteiger partial charge on any atom is 0.417 e. The summed E-state index contributed by atoms with van der Waals surface area (Å²) in [5.41, 5.74) is 7.44. The molecular formula is C27H14Br2N2O4. The minimum atomic E-state index is -0.807. The van der Waals surface area contributed by atoms with Crippen LogP contribution in [0.4, 0.5) is 0 Å². The molecule has 8 heteroatoms. The lowest BCUT2D eigenvalue weighted by atomic mass is 9.67. The molecule has 0 saturated carbocycles. The van der Waals surface area contributed by atoms with Gasteiger partial charge in [-0.3, -0.25) is 9.97 Å². The van der Waals surface area contributed by atoms with Gasteiger partial charge in [0.15, 0.2) is 11.2 Å². The Morgan fingerprint density at radius 1 is 0.600 bits per heavy atom. The van der Waals surface area contributed by atoms with Crippen LogP contribution in [-0.4, -0.2) is 9.97 Å². The van der Waals surface area contributed by atoms with Gasteiger partial charge in [0.2, 0.25) is 0 Å². The summed E-state index contributed by atoms with van der Waals surface area (Å²) in [6, 6.07) is 24.1. The van der Waals surface area contributed by atoms with Gasteiger partial charge in [0.05, 0.1) is 16.4 Å². The number of oxazole rings is 2. The van der Waals surface area contributed by atoms with E-state index in [9.17, 15) is 9.59 Å². The Morgan fingerprint density at radius 2 is 1.03 bits per heavy atom. The summed E-state index contributed by atoms with van der Waals surface area (Å²) in [4.78, 5) is 29.4. The molecule has 1 aliphatic carbocycles. The van der Waals surface area contributed by atoms with Crippen molar-refractivity contribution in [1.29, 1.82) is 0 Å². The molecule has 0 atom stereocenters. The maximum atomic E-state index is 12.0. The zero-order chi connectivity index (χ0) is 23.9. The van der Waals surface area contributed by atoms with Gasteiger partial charge in [-0.15, -0.1) is 0 Å². The summed E-state index contributed by atoms with van der Waals surface area (Å²) in [5, 5.41) is 0. The Hall–Kier alpha value is -3.62. The van der Waals surface area contributed by atoms with Crippen molar-refractivity contribution in [2.24, 2.45) is 0 Å². The number of halogens is 2. The lowest BCUT2D eigenvalue weighted by molar-refractivity contribution is 0.554. The van der Waals surface area contributed by atoms with E-state index in [1.807, 2.05) is 48.5 Å². The predicted octanol–water partition coefficient (Wildman–Crippen LogP) is 6.44. The summed E-state index contributed by atoms with van der Waals surface area (Å²) >= 11 is 7.59. The second kappa shape index (κ2) is 7.19.